The number of aryl methyl sites for hydroxylation is 1. The number of aliphatic hydroxyl groups excluding tert-OH is 1. The topological polar surface area (TPSA) is 66.4 Å². The van der Waals surface area contributed by atoms with Crippen LogP contribution in [0.5, 0.6) is 0 Å². The quantitative estimate of drug-likeness (QED) is 0.895. The highest BCUT2D eigenvalue weighted by molar-refractivity contribution is 7.91. The Hall–Kier alpha value is -0.140. The van der Waals surface area contributed by atoms with E-state index in [1.165, 1.54) is 13.0 Å². The lowest BCUT2D eigenvalue weighted by Gasteiger charge is -2.28. The van der Waals surface area contributed by atoms with Crippen LogP contribution >= 0.6 is 22.9 Å². The van der Waals surface area contributed by atoms with Gasteiger partial charge in [-0.25, -0.2) is 13.1 Å². The molecule has 98 valence electrons. The van der Waals surface area contributed by atoms with Crippen molar-refractivity contribution in [3.63, 3.8) is 0 Å². The van der Waals surface area contributed by atoms with Gasteiger partial charge in [0.25, 0.3) is 10.0 Å². The first-order valence-corrected chi connectivity index (χ1v) is 7.72. The van der Waals surface area contributed by atoms with E-state index >= 15 is 0 Å². The number of nitrogens with one attached hydrogen (secondary N) is 1. The van der Waals surface area contributed by atoms with Crippen LogP contribution in [0.3, 0.4) is 0 Å². The molecule has 0 aliphatic carbocycles. The molecule has 1 unspecified atom stereocenters. The Labute approximate surface area is 111 Å². The van der Waals surface area contributed by atoms with Crippen molar-refractivity contribution < 1.29 is 13.5 Å². The Morgan fingerprint density at radius 2 is 2.06 bits per heavy atom. The van der Waals surface area contributed by atoms with Crippen molar-refractivity contribution in [3.05, 3.63) is 16.0 Å². The molecule has 1 aromatic rings. The van der Waals surface area contributed by atoms with Crippen LogP contribution in [0.15, 0.2) is 10.3 Å². The second kappa shape index (κ2) is 4.85. The largest absolute Gasteiger partial charge is 0.391 e. The van der Waals surface area contributed by atoms with Gasteiger partial charge in [-0.3, -0.25) is 0 Å². The molecule has 0 fully saturated rings. The molecule has 0 spiro atoms. The van der Waals surface area contributed by atoms with Crippen molar-refractivity contribution in [3.8, 4) is 0 Å². The van der Waals surface area contributed by atoms with Gasteiger partial charge in [0.15, 0.2) is 0 Å². The second-order valence-corrected chi connectivity index (χ2v) is 8.09. The third-order valence-corrected chi connectivity index (χ3v) is 6.24. The summed E-state index contributed by atoms with van der Waals surface area (Å²) >= 11 is 6.85. The van der Waals surface area contributed by atoms with Gasteiger partial charge in [0.1, 0.15) is 4.21 Å². The fourth-order valence-corrected chi connectivity index (χ4v) is 4.23. The molecule has 0 aliphatic rings. The Bertz CT molecular complexity index is 486. The zero-order valence-electron chi connectivity index (χ0n) is 10.1. The highest BCUT2D eigenvalue weighted by Gasteiger charge is 2.31. The Balaban J connectivity index is 3.05. The lowest BCUT2D eigenvalue weighted by atomic mass is 10.0. The van der Waals surface area contributed by atoms with Gasteiger partial charge in [0, 0.05) is 0 Å². The second-order valence-electron chi connectivity index (χ2n) is 4.53. The van der Waals surface area contributed by atoms with Crippen LogP contribution in [-0.2, 0) is 10.0 Å². The fourth-order valence-electron chi connectivity index (χ4n) is 1.05. The molecule has 1 aromatic heterocycles. The summed E-state index contributed by atoms with van der Waals surface area (Å²) in [6.45, 7) is 6.53. The van der Waals surface area contributed by atoms with Crippen molar-refractivity contribution in [1.82, 2.24) is 4.72 Å². The normalized spacial score (nSPS) is 14.9. The molecule has 0 amide bonds. The first-order valence-electron chi connectivity index (χ1n) is 5.04. The zero-order chi connectivity index (χ0) is 13.4. The summed E-state index contributed by atoms with van der Waals surface area (Å²) in [5.74, 6) is 0. The fraction of sp³-hybridized carbons (Fsp3) is 0.600. The Kier molecular flexibility index (Phi) is 4.26. The van der Waals surface area contributed by atoms with Gasteiger partial charge in [-0.2, -0.15) is 0 Å². The minimum atomic E-state index is -3.64. The number of halogens is 1. The summed E-state index contributed by atoms with van der Waals surface area (Å²) in [6, 6.07) is 1.52. The average molecular weight is 298 g/mol. The molecule has 2 N–H and O–H groups in total. The molecular formula is C10H16ClNO3S2. The summed E-state index contributed by atoms with van der Waals surface area (Å²) in [6.07, 6.45) is -0.797. The highest BCUT2D eigenvalue weighted by atomic mass is 35.5. The monoisotopic (exact) mass is 297 g/mol. The van der Waals surface area contributed by atoms with E-state index in [2.05, 4.69) is 4.72 Å². The lowest BCUT2D eigenvalue weighted by molar-refractivity contribution is 0.112. The summed E-state index contributed by atoms with van der Waals surface area (Å²) in [7, 11) is -3.64. The van der Waals surface area contributed by atoms with Gasteiger partial charge in [-0.05, 0) is 39.3 Å². The van der Waals surface area contributed by atoms with Gasteiger partial charge in [0.05, 0.1) is 16.0 Å². The van der Waals surface area contributed by atoms with Crippen molar-refractivity contribution in [2.45, 2.75) is 43.5 Å². The SMILES string of the molecule is Cc1cc(S(=O)(=O)NC(C)(C)C(C)O)sc1Cl. The molecule has 0 saturated carbocycles. The predicted octanol–water partition coefficient (Wildman–Crippen LogP) is 2.15. The molecule has 4 nitrogen and oxygen atoms in total. The molecule has 0 aromatic carbocycles. The number of sulfonamides is 1. The van der Waals surface area contributed by atoms with E-state index in [1.54, 1.807) is 20.8 Å². The van der Waals surface area contributed by atoms with Crippen LogP contribution in [0, 0.1) is 6.92 Å². The molecule has 1 heterocycles. The molecular weight excluding hydrogens is 282 g/mol. The van der Waals surface area contributed by atoms with E-state index in [0.717, 1.165) is 16.9 Å². The molecule has 1 atom stereocenters. The van der Waals surface area contributed by atoms with E-state index in [4.69, 9.17) is 11.6 Å². The zero-order valence-corrected chi connectivity index (χ0v) is 12.5. The molecule has 0 bridgehead atoms. The Morgan fingerprint density at radius 1 is 1.53 bits per heavy atom. The van der Waals surface area contributed by atoms with Crippen molar-refractivity contribution in [1.29, 1.82) is 0 Å². The smallest absolute Gasteiger partial charge is 0.250 e. The summed E-state index contributed by atoms with van der Waals surface area (Å²) in [5, 5.41) is 9.50. The summed E-state index contributed by atoms with van der Waals surface area (Å²) in [4.78, 5) is 0. The molecule has 0 aliphatic heterocycles. The third-order valence-electron chi connectivity index (χ3n) is 2.54. The highest BCUT2D eigenvalue weighted by Crippen LogP contribution is 2.30. The third kappa shape index (κ3) is 3.42. The number of hydrogen-bond acceptors (Lipinski definition) is 4. The van der Waals surface area contributed by atoms with Crippen LogP contribution in [0.25, 0.3) is 0 Å². The van der Waals surface area contributed by atoms with Gasteiger partial charge in [-0.1, -0.05) is 11.6 Å². The molecule has 7 heteroatoms. The first kappa shape index (κ1) is 14.9. The number of aliphatic hydroxyl groups is 1. The molecule has 0 saturated heterocycles. The van der Waals surface area contributed by atoms with Crippen LogP contribution < -0.4 is 4.72 Å². The van der Waals surface area contributed by atoms with Crippen LogP contribution in [0.1, 0.15) is 26.3 Å². The van der Waals surface area contributed by atoms with Crippen molar-refractivity contribution >= 4 is 33.0 Å². The first-order chi connectivity index (χ1) is 7.56. The standard InChI is InChI=1S/C10H16ClNO3S2/c1-6-5-8(16-9(6)11)17(14,15)12-10(3,4)7(2)13/h5,7,12-13H,1-4H3. The molecule has 1 rings (SSSR count). The van der Waals surface area contributed by atoms with Crippen molar-refractivity contribution in [2.24, 2.45) is 0 Å². The van der Waals surface area contributed by atoms with E-state index in [-0.39, 0.29) is 4.21 Å². The van der Waals surface area contributed by atoms with Gasteiger partial charge in [-0.15, -0.1) is 11.3 Å². The summed E-state index contributed by atoms with van der Waals surface area (Å²) in [5.41, 5.74) is -0.199. The predicted molar refractivity (Wildman–Crippen MR) is 70.1 cm³/mol. The van der Waals surface area contributed by atoms with E-state index in [0.29, 0.717) is 4.34 Å². The average Bonchev–Trinajstić information content (AvgIpc) is 2.45. The number of rotatable bonds is 4. The lowest BCUT2D eigenvalue weighted by Crippen LogP contribution is -2.50. The van der Waals surface area contributed by atoms with Gasteiger partial charge in [0.2, 0.25) is 0 Å². The van der Waals surface area contributed by atoms with Gasteiger partial charge < -0.3 is 5.11 Å². The molecule has 0 radical (unpaired) electrons. The van der Waals surface area contributed by atoms with Crippen LogP contribution in [0.2, 0.25) is 4.34 Å². The van der Waals surface area contributed by atoms with E-state index < -0.39 is 21.7 Å². The van der Waals surface area contributed by atoms with Crippen LogP contribution in [0.4, 0.5) is 0 Å². The minimum Gasteiger partial charge on any atom is -0.391 e. The number of thiophene rings is 1. The maximum Gasteiger partial charge on any atom is 0.250 e. The summed E-state index contributed by atoms with van der Waals surface area (Å²) < 4.78 is 27.2. The van der Waals surface area contributed by atoms with E-state index in [9.17, 15) is 13.5 Å². The van der Waals surface area contributed by atoms with Crippen LogP contribution in [-0.4, -0.2) is 25.2 Å². The van der Waals surface area contributed by atoms with Gasteiger partial charge >= 0.3 is 0 Å². The Morgan fingerprint density at radius 3 is 2.41 bits per heavy atom. The van der Waals surface area contributed by atoms with E-state index in [1.807, 2.05) is 0 Å². The number of hydrogen-bond donors (Lipinski definition) is 2. The maximum absolute atomic E-state index is 12.0. The minimum absolute atomic E-state index is 0.161. The maximum atomic E-state index is 12.0. The molecule has 17 heavy (non-hydrogen) atoms. The van der Waals surface area contributed by atoms with Crippen molar-refractivity contribution in [2.75, 3.05) is 0 Å².